The summed E-state index contributed by atoms with van der Waals surface area (Å²) in [7, 11) is 3.13. The van der Waals surface area contributed by atoms with Crippen molar-refractivity contribution < 1.29 is 14.6 Å². The van der Waals surface area contributed by atoms with E-state index in [1.54, 1.807) is 32.4 Å². The molecule has 0 heterocycles. The van der Waals surface area contributed by atoms with Gasteiger partial charge in [-0.2, -0.15) is 0 Å². The Bertz CT molecular complexity index is 571. The second-order valence-electron chi connectivity index (χ2n) is 4.50. The van der Waals surface area contributed by atoms with Crippen LogP contribution in [0.3, 0.4) is 0 Å². The van der Waals surface area contributed by atoms with Crippen LogP contribution < -0.4 is 15.2 Å². The van der Waals surface area contributed by atoms with E-state index in [-0.39, 0.29) is 6.54 Å². The normalized spacial score (nSPS) is 13.6. The van der Waals surface area contributed by atoms with Crippen molar-refractivity contribution in [2.45, 2.75) is 5.60 Å². The van der Waals surface area contributed by atoms with E-state index >= 15 is 0 Å². The van der Waals surface area contributed by atoms with Crippen LogP contribution in [-0.2, 0) is 5.60 Å². The van der Waals surface area contributed by atoms with E-state index in [9.17, 15) is 5.11 Å². The molecule has 0 saturated carbocycles. The van der Waals surface area contributed by atoms with Crippen molar-refractivity contribution in [2.24, 2.45) is 5.73 Å². The third-order valence-corrected chi connectivity index (χ3v) is 3.41. The molecule has 1 unspecified atom stereocenters. The maximum absolute atomic E-state index is 10.9. The summed E-state index contributed by atoms with van der Waals surface area (Å²) in [5.74, 6) is 1.18. The molecule has 2 aromatic carbocycles. The minimum absolute atomic E-state index is 0.0759. The van der Waals surface area contributed by atoms with Gasteiger partial charge in [0.15, 0.2) is 11.5 Å². The quantitative estimate of drug-likeness (QED) is 0.873. The summed E-state index contributed by atoms with van der Waals surface area (Å²) in [5, 5.41) is 10.9. The van der Waals surface area contributed by atoms with E-state index in [1.807, 2.05) is 30.3 Å². The summed E-state index contributed by atoms with van der Waals surface area (Å²) in [4.78, 5) is 0. The first-order chi connectivity index (χ1) is 9.65. The zero-order chi connectivity index (χ0) is 14.6. The van der Waals surface area contributed by atoms with Crippen LogP contribution in [0.15, 0.2) is 48.5 Å². The third kappa shape index (κ3) is 2.48. The van der Waals surface area contributed by atoms with E-state index in [0.29, 0.717) is 17.1 Å². The fourth-order valence-corrected chi connectivity index (χ4v) is 2.21. The van der Waals surface area contributed by atoms with Crippen LogP contribution in [0.4, 0.5) is 0 Å². The van der Waals surface area contributed by atoms with Crippen molar-refractivity contribution in [3.63, 3.8) is 0 Å². The van der Waals surface area contributed by atoms with Gasteiger partial charge >= 0.3 is 0 Å². The highest BCUT2D eigenvalue weighted by molar-refractivity contribution is 5.47. The predicted octanol–water partition coefficient (Wildman–Crippen LogP) is 1.90. The molecular formula is C16H19NO3. The molecule has 0 aliphatic carbocycles. The van der Waals surface area contributed by atoms with Gasteiger partial charge in [0.1, 0.15) is 5.60 Å². The largest absolute Gasteiger partial charge is 0.493 e. The minimum atomic E-state index is -1.25. The molecule has 4 nitrogen and oxygen atoms in total. The number of hydrogen-bond acceptors (Lipinski definition) is 4. The SMILES string of the molecule is COc1ccc(C(O)(CN)c2ccccc2)cc1OC. The average Bonchev–Trinajstić information content (AvgIpc) is 2.54. The summed E-state index contributed by atoms with van der Waals surface area (Å²) in [6.07, 6.45) is 0. The highest BCUT2D eigenvalue weighted by Gasteiger charge is 2.30. The van der Waals surface area contributed by atoms with Crippen molar-refractivity contribution in [2.75, 3.05) is 20.8 Å². The summed E-state index contributed by atoms with van der Waals surface area (Å²) >= 11 is 0. The molecule has 1 atom stereocenters. The predicted molar refractivity (Wildman–Crippen MR) is 78.0 cm³/mol. The van der Waals surface area contributed by atoms with Crippen molar-refractivity contribution in [3.8, 4) is 11.5 Å². The summed E-state index contributed by atoms with van der Waals surface area (Å²) in [6, 6.07) is 14.6. The second kappa shape index (κ2) is 5.94. The molecule has 0 radical (unpaired) electrons. The van der Waals surface area contributed by atoms with Crippen LogP contribution in [0.2, 0.25) is 0 Å². The van der Waals surface area contributed by atoms with Crippen molar-refractivity contribution in [3.05, 3.63) is 59.7 Å². The lowest BCUT2D eigenvalue weighted by Crippen LogP contribution is -2.36. The Morgan fingerprint density at radius 3 is 2.15 bits per heavy atom. The minimum Gasteiger partial charge on any atom is -0.493 e. The fraction of sp³-hybridized carbons (Fsp3) is 0.250. The molecule has 0 aliphatic heterocycles. The van der Waals surface area contributed by atoms with Crippen LogP contribution in [-0.4, -0.2) is 25.9 Å². The van der Waals surface area contributed by atoms with Crippen LogP contribution in [0.1, 0.15) is 11.1 Å². The molecule has 20 heavy (non-hydrogen) atoms. The van der Waals surface area contributed by atoms with Crippen LogP contribution >= 0.6 is 0 Å². The van der Waals surface area contributed by atoms with E-state index in [0.717, 1.165) is 5.56 Å². The van der Waals surface area contributed by atoms with Gasteiger partial charge in [0, 0.05) is 6.54 Å². The molecule has 0 saturated heterocycles. The Morgan fingerprint density at radius 1 is 0.950 bits per heavy atom. The molecule has 2 rings (SSSR count). The molecule has 0 spiro atoms. The Balaban J connectivity index is 2.52. The fourth-order valence-electron chi connectivity index (χ4n) is 2.21. The number of benzene rings is 2. The van der Waals surface area contributed by atoms with E-state index < -0.39 is 5.60 Å². The van der Waals surface area contributed by atoms with Crippen LogP contribution in [0, 0.1) is 0 Å². The monoisotopic (exact) mass is 273 g/mol. The highest BCUT2D eigenvalue weighted by Crippen LogP contribution is 2.35. The van der Waals surface area contributed by atoms with E-state index in [2.05, 4.69) is 0 Å². The molecular weight excluding hydrogens is 254 g/mol. The highest BCUT2D eigenvalue weighted by atomic mass is 16.5. The van der Waals surface area contributed by atoms with Crippen molar-refractivity contribution in [1.29, 1.82) is 0 Å². The van der Waals surface area contributed by atoms with Crippen molar-refractivity contribution in [1.82, 2.24) is 0 Å². The van der Waals surface area contributed by atoms with Gasteiger partial charge in [0.2, 0.25) is 0 Å². The van der Waals surface area contributed by atoms with Gasteiger partial charge in [-0.25, -0.2) is 0 Å². The Labute approximate surface area is 118 Å². The molecule has 0 bridgehead atoms. The lowest BCUT2D eigenvalue weighted by molar-refractivity contribution is 0.0899. The Kier molecular flexibility index (Phi) is 4.27. The molecule has 0 amide bonds. The summed E-state index contributed by atoms with van der Waals surface area (Å²) in [6.45, 7) is 0.0759. The first-order valence-electron chi connectivity index (χ1n) is 6.36. The number of aliphatic hydroxyl groups is 1. The molecule has 0 aromatic heterocycles. The number of rotatable bonds is 5. The van der Waals surface area contributed by atoms with Gasteiger partial charge in [-0.05, 0) is 23.3 Å². The molecule has 2 aromatic rings. The van der Waals surface area contributed by atoms with Gasteiger partial charge in [0.05, 0.1) is 14.2 Å². The lowest BCUT2D eigenvalue weighted by atomic mass is 9.86. The maximum atomic E-state index is 10.9. The van der Waals surface area contributed by atoms with Gasteiger partial charge in [-0.3, -0.25) is 0 Å². The standard InChI is InChI=1S/C16H19NO3/c1-19-14-9-8-13(10-15(14)20-2)16(18,11-17)12-6-4-3-5-7-12/h3-10,18H,11,17H2,1-2H3. The zero-order valence-corrected chi connectivity index (χ0v) is 11.7. The van der Waals surface area contributed by atoms with Gasteiger partial charge < -0.3 is 20.3 Å². The molecule has 0 aliphatic rings. The van der Waals surface area contributed by atoms with Crippen LogP contribution in [0.5, 0.6) is 11.5 Å². The molecule has 3 N–H and O–H groups in total. The van der Waals surface area contributed by atoms with Gasteiger partial charge in [-0.1, -0.05) is 36.4 Å². The summed E-state index contributed by atoms with van der Waals surface area (Å²) in [5.41, 5.74) is 5.98. The number of methoxy groups -OCH3 is 2. The number of nitrogens with two attached hydrogens (primary N) is 1. The zero-order valence-electron chi connectivity index (χ0n) is 11.7. The number of hydrogen-bond donors (Lipinski definition) is 2. The first-order valence-corrected chi connectivity index (χ1v) is 6.36. The van der Waals surface area contributed by atoms with Gasteiger partial charge in [-0.15, -0.1) is 0 Å². The second-order valence-corrected chi connectivity index (χ2v) is 4.50. The van der Waals surface area contributed by atoms with Gasteiger partial charge in [0.25, 0.3) is 0 Å². The van der Waals surface area contributed by atoms with Crippen molar-refractivity contribution >= 4 is 0 Å². The molecule has 106 valence electrons. The smallest absolute Gasteiger partial charge is 0.161 e. The topological polar surface area (TPSA) is 64.7 Å². The number of ether oxygens (including phenoxy) is 2. The summed E-state index contributed by atoms with van der Waals surface area (Å²) < 4.78 is 10.5. The van der Waals surface area contributed by atoms with E-state index in [1.165, 1.54) is 0 Å². The molecule has 4 heteroatoms. The average molecular weight is 273 g/mol. The van der Waals surface area contributed by atoms with Crippen LogP contribution in [0.25, 0.3) is 0 Å². The van der Waals surface area contributed by atoms with E-state index in [4.69, 9.17) is 15.2 Å². The first kappa shape index (κ1) is 14.4. The Hall–Kier alpha value is -2.04. The lowest BCUT2D eigenvalue weighted by Gasteiger charge is -2.28. The third-order valence-electron chi connectivity index (χ3n) is 3.41. The molecule has 0 fully saturated rings. The maximum Gasteiger partial charge on any atom is 0.161 e. The Morgan fingerprint density at radius 2 is 1.60 bits per heavy atom.